The van der Waals surface area contributed by atoms with E-state index >= 15 is 0 Å². The van der Waals surface area contributed by atoms with Crippen LogP contribution in [-0.4, -0.2) is 45.6 Å². The predicted octanol–water partition coefficient (Wildman–Crippen LogP) is 3.40. The topological polar surface area (TPSA) is 67.6 Å². The Balaban J connectivity index is 1.57. The van der Waals surface area contributed by atoms with Crippen LogP contribution in [-0.2, 0) is 0 Å². The number of likely N-dealkylation sites (tertiary alicyclic amines) is 1. The molecular formula is C19H19N3O3. The molecule has 0 unspecified atom stereocenters. The van der Waals surface area contributed by atoms with E-state index in [1.54, 1.807) is 0 Å². The smallest absolute Gasteiger partial charge is 0.407 e. The lowest BCUT2D eigenvalue weighted by atomic mass is 10.1. The minimum atomic E-state index is -0.860. The van der Waals surface area contributed by atoms with E-state index in [0.29, 0.717) is 25.6 Å². The number of amides is 1. The summed E-state index contributed by atoms with van der Waals surface area (Å²) in [4.78, 5) is 12.5. The van der Waals surface area contributed by atoms with Crippen LogP contribution in [0.25, 0.3) is 16.6 Å². The molecule has 1 aliphatic heterocycles. The van der Waals surface area contributed by atoms with E-state index in [0.717, 1.165) is 23.0 Å². The quantitative estimate of drug-likeness (QED) is 0.792. The largest absolute Gasteiger partial charge is 0.476 e. The third kappa shape index (κ3) is 3.03. The van der Waals surface area contributed by atoms with E-state index in [9.17, 15) is 4.79 Å². The Morgan fingerprint density at radius 3 is 2.68 bits per heavy atom. The third-order valence-corrected chi connectivity index (χ3v) is 4.57. The highest BCUT2D eigenvalue weighted by Gasteiger charge is 2.26. The molecule has 1 amide bonds. The van der Waals surface area contributed by atoms with Crippen molar-refractivity contribution >= 4 is 17.0 Å². The molecule has 25 heavy (non-hydrogen) atoms. The molecule has 0 spiro atoms. The average molecular weight is 337 g/mol. The molecule has 0 radical (unpaired) electrons. The van der Waals surface area contributed by atoms with E-state index in [4.69, 9.17) is 9.84 Å². The van der Waals surface area contributed by atoms with Crippen LogP contribution in [0.2, 0.25) is 0 Å². The van der Waals surface area contributed by atoms with Crippen LogP contribution in [0, 0.1) is 5.92 Å². The van der Waals surface area contributed by atoms with Crippen LogP contribution in [0.5, 0.6) is 5.88 Å². The number of carbonyl (C=O) groups is 1. The minimum absolute atomic E-state index is 0.205. The van der Waals surface area contributed by atoms with Gasteiger partial charge in [0.1, 0.15) is 0 Å². The SMILES string of the molecule is O=C(O)N1CC[C@@H](COc2nn(-c3ccccc3)c3ccccc23)C1. The van der Waals surface area contributed by atoms with Gasteiger partial charge in [-0.3, -0.25) is 0 Å². The summed E-state index contributed by atoms with van der Waals surface area (Å²) in [5, 5.41) is 14.7. The molecule has 1 saturated heterocycles. The zero-order valence-corrected chi connectivity index (χ0v) is 13.7. The summed E-state index contributed by atoms with van der Waals surface area (Å²) in [5.41, 5.74) is 1.97. The van der Waals surface area contributed by atoms with Crippen molar-refractivity contribution in [2.24, 2.45) is 5.92 Å². The third-order valence-electron chi connectivity index (χ3n) is 4.57. The number of benzene rings is 2. The molecule has 1 aromatic heterocycles. The van der Waals surface area contributed by atoms with E-state index in [1.165, 1.54) is 4.90 Å². The van der Waals surface area contributed by atoms with Gasteiger partial charge in [-0.2, -0.15) is 0 Å². The number of aromatic nitrogens is 2. The summed E-state index contributed by atoms with van der Waals surface area (Å²) < 4.78 is 7.86. The number of ether oxygens (including phenoxy) is 1. The molecule has 1 aliphatic rings. The van der Waals surface area contributed by atoms with Crippen molar-refractivity contribution in [3.8, 4) is 11.6 Å². The summed E-state index contributed by atoms with van der Waals surface area (Å²) in [6.45, 7) is 1.56. The molecule has 1 fully saturated rings. The molecule has 2 aromatic carbocycles. The lowest BCUT2D eigenvalue weighted by Gasteiger charge is -2.12. The zero-order valence-electron chi connectivity index (χ0n) is 13.7. The number of carboxylic acid groups (broad SMARTS) is 1. The molecule has 2 heterocycles. The van der Waals surface area contributed by atoms with Gasteiger partial charge in [-0.25, -0.2) is 9.48 Å². The van der Waals surface area contributed by atoms with Gasteiger partial charge in [-0.15, -0.1) is 5.10 Å². The van der Waals surface area contributed by atoms with Crippen LogP contribution < -0.4 is 4.74 Å². The lowest BCUT2D eigenvalue weighted by molar-refractivity contribution is 0.151. The van der Waals surface area contributed by atoms with E-state index in [-0.39, 0.29) is 5.92 Å². The maximum absolute atomic E-state index is 11.0. The average Bonchev–Trinajstić information content (AvgIpc) is 3.26. The Morgan fingerprint density at radius 1 is 1.16 bits per heavy atom. The van der Waals surface area contributed by atoms with Gasteiger partial charge < -0.3 is 14.7 Å². The van der Waals surface area contributed by atoms with Crippen molar-refractivity contribution in [3.63, 3.8) is 0 Å². The molecule has 6 nitrogen and oxygen atoms in total. The normalized spacial score (nSPS) is 17.1. The van der Waals surface area contributed by atoms with Crippen LogP contribution in [0.3, 0.4) is 0 Å². The van der Waals surface area contributed by atoms with Crippen LogP contribution >= 0.6 is 0 Å². The maximum Gasteiger partial charge on any atom is 0.407 e. The summed E-state index contributed by atoms with van der Waals surface area (Å²) in [6.07, 6.45) is -0.0369. The molecule has 4 rings (SSSR count). The van der Waals surface area contributed by atoms with Gasteiger partial charge in [0.05, 0.1) is 23.2 Å². The maximum atomic E-state index is 11.0. The van der Waals surface area contributed by atoms with Gasteiger partial charge in [0.25, 0.3) is 0 Å². The van der Waals surface area contributed by atoms with Crippen molar-refractivity contribution < 1.29 is 14.6 Å². The number of nitrogens with zero attached hydrogens (tertiary/aromatic N) is 3. The molecular weight excluding hydrogens is 318 g/mol. The zero-order chi connectivity index (χ0) is 17.2. The first-order valence-electron chi connectivity index (χ1n) is 8.36. The van der Waals surface area contributed by atoms with E-state index in [2.05, 4.69) is 5.10 Å². The van der Waals surface area contributed by atoms with Crippen molar-refractivity contribution in [1.82, 2.24) is 14.7 Å². The second-order valence-electron chi connectivity index (χ2n) is 6.26. The highest BCUT2D eigenvalue weighted by atomic mass is 16.5. The standard InChI is InChI=1S/C19H19N3O3/c23-19(24)21-11-10-14(12-21)13-25-18-16-8-4-5-9-17(16)22(20-18)15-6-2-1-3-7-15/h1-9,14H,10-13H2,(H,23,24)/t14-/m1/s1. The minimum Gasteiger partial charge on any atom is -0.476 e. The Hall–Kier alpha value is -3.02. The number of hydrogen-bond donors (Lipinski definition) is 1. The molecule has 0 aliphatic carbocycles. The Labute approximate surface area is 145 Å². The van der Waals surface area contributed by atoms with Crippen molar-refractivity contribution in [2.75, 3.05) is 19.7 Å². The van der Waals surface area contributed by atoms with Crippen LogP contribution in [0.15, 0.2) is 54.6 Å². The lowest BCUT2D eigenvalue weighted by Crippen LogP contribution is -2.27. The molecule has 1 N–H and O–H groups in total. The predicted molar refractivity (Wildman–Crippen MR) is 94.3 cm³/mol. The summed E-state index contributed by atoms with van der Waals surface area (Å²) in [7, 11) is 0. The number of fused-ring (bicyclic) bond motifs is 1. The molecule has 0 saturated carbocycles. The second kappa shape index (κ2) is 6.47. The van der Waals surface area contributed by atoms with E-state index < -0.39 is 6.09 Å². The Morgan fingerprint density at radius 2 is 1.92 bits per heavy atom. The fraction of sp³-hybridized carbons (Fsp3) is 0.263. The highest BCUT2D eigenvalue weighted by Crippen LogP contribution is 2.28. The van der Waals surface area contributed by atoms with Crippen molar-refractivity contribution in [2.45, 2.75) is 6.42 Å². The molecule has 1 atom stereocenters. The second-order valence-corrected chi connectivity index (χ2v) is 6.26. The fourth-order valence-corrected chi connectivity index (χ4v) is 3.25. The van der Waals surface area contributed by atoms with Crippen LogP contribution in [0.4, 0.5) is 4.79 Å². The Kier molecular flexibility index (Phi) is 4.01. The summed E-state index contributed by atoms with van der Waals surface area (Å²) in [5.74, 6) is 0.796. The van der Waals surface area contributed by atoms with Gasteiger partial charge in [0, 0.05) is 19.0 Å². The number of para-hydroxylation sites is 2. The number of rotatable bonds is 4. The highest BCUT2D eigenvalue weighted by molar-refractivity contribution is 5.85. The first-order valence-corrected chi connectivity index (χ1v) is 8.36. The monoisotopic (exact) mass is 337 g/mol. The van der Waals surface area contributed by atoms with Gasteiger partial charge >= 0.3 is 6.09 Å². The van der Waals surface area contributed by atoms with Crippen molar-refractivity contribution in [3.05, 3.63) is 54.6 Å². The van der Waals surface area contributed by atoms with Gasteiger partial charge in [-0.1, -0.05) is 30.3 Å². The fourth-order valence-electron chi connectivity index (χ4n) is 3.25. The molecule has 0 bridgehead atoms. The van der Waals surface area contributed by atoms with E-state index in [1.807, 2.05) is 59.3 Å². The van der Waals surface area contributed by atoms with Gasteiger partial charge in [-0.05, 0) is 30.7 Å². The first kappa shape index (κ1) is 15.5. The number of hydrogen-bond acceptors (Lipinski definition) is 3. The molecule has 128 valence electrons. The summed E-state index contributed by atoms with van der Waals surface area (Å²) in [6, 6.07) is 17.9. The van der Waals surface area contributed by atoms with Crippen LogP contribution in [0.1, 0.15) is 6.42 Å². The Bertz CT molecular complexity index is 891. The molecule has 6 heteroatoms. The van der Waals surface area contributed by atoms with Gasteiger partial charge in [0.2, 0.25) is 5.88 Å². The first-order chi connectivity index (χ1) is 12.2. The summed E-state index contributed by atoms with van der Waals surface area (Å²) >= 11 is 0. The molecule has 3 aromatic rings. The van der Waals surface area contributed by atoms with Gasteiger partial charge in [0.15, 0.2) is 0 Å². The van der Waals surface area contributed by atoms with Crippen molar-refractivity contribution in [1.29, 1.82) is 0 Å².